The minimum Gasteiger partial charge on any atom is -0.497 e. The van der Waals surface area contributed by atoms with Crippen molar-refractivity contribution in [2.24, 2.45) is 5.73 Å². The van der Waals surface area contributed by atoms with Crippen LogP contribution in [0, 0.1) is 0 Å². The summed E-state index contributed by atoms with van der Waals surface area (Å²) >= 11 is 0. The molecule has 0 aliphatic heterocycles. The molecule has 0 atom stereocenters. The highest BCUT2D eigenvalue weighted by Gasteiger charge is 2.20. The van der Waals surface area contributed by atoms with E-state index in [1.54, 1.807) is 14.2 Å². The zero-order valence-corrected chi connectivity index (χ0v) is 9.83. The summed E-state index contributed by atoms with van der Waals surface area (Å²) in [6, 6.07) is 5.85. The fourth-order valence-electron chi connectivity index (χ4n) is 1.32. The smallest absolute Gasteiger partial charge is 0.122 e. The van der Waals surface area contributed by atoms with Gasteiger partial charge in [0.15, 0.2) is 0 Å². The molecule has 0 spiro atoms. The van der Waals surface area contributed by atoms with Crippen LogP contribution < -0.4 is 15.2 Å². The van der Waals surface area contributed by atoms with E-state index in [2.05, 4.69) is 13.8 Å². The Bertz CT molecular complexity index is 312. The quantitative estimate of drug-likeness (QED) is 0.824. The van der Waals surface area contributed by atoms with Gasteiger partial charge in [0.1, 0.15) is 11.5 Å². The van der Waals surface area contributed by atoms with Crippen molar-refractivity contribution >= 4 is 0 Å². The fraction of sp³-hybridized carbons (Fsp3) is 0.500. The number of rotatable bonds is 4. The van der Waals surface area contributed by atoms with Crippen LogP contribution in [0.1, 0.15) is 19.4 Å². The second-order valence-corrected chi connectivity index (χ2v) is 4.19. The maximum Gasteiger partial charge on any atom is 0.122 e. The molecule has 1 rings (SSSR count). The predicted octanol–water partition coefficient (Wildman–Crippen LogP) is 1.94. The van der Waals surface area contributed by atoms with Crippen LogP contribution in [0.5, 0.6) is 11.5 Å². The van der Waals surface area contributed by atoms with Gasteiger partial charge < -0.3 is 15.2 Å². The number of ether oxygens (including phenoxy) is 2. The zero-order valence-electron chi connectivity index (χ0n) is 9.83. The summed E-state index contributed by atoms with van der Waals surface area (Å²) in [5.74, 6) is 1.59. The lowest BCUT2D eigenvalue weighted by molar-refractivity contribution is 0.390. The Kier molecular flexibility index (Phi) is 3.58. The third-order valence-corrected chi connectivity index (χ3v) is 2.64. The molecule has 15 heavy (non-hydrogen) atoms. The number of methoxy groups -OCH3 is 2. The lowest BCUT2D eigenvalue weighted by Crippen LogP contribution is -2.28. The van der Waals surface area contributed by atoms with Crippen molar-refractivity contribution < 1.29 is 9.47 Å². The third-order valence-electron chi connectivity index (χ3n) is 2.64. The van der Waals surface area contributed by atoms with Crippen LogP contribution in [-0.2, 0) is 5.41 Å². The van der Waals surface area contributed by atoms with Gasteiger partial charge in [0.25, 0.3) is 0 Å². The molecular weight excluding hydrogens is 190 g/mol. The third kappa shape index (κ3) is 2.63. The minimum absolute atomic E-state index is 0.0676. The largest absolute Gasteiger partial charge is 0.497 e. The number of nitrogens with two attached hydrogens (primary N) is 1. The van der Waals surface area contributed by atoms with Gasteiger partial charge in [-0.2, -0.15) is 0 Å². The lowest BCUT2D eigenvalue weighted by Gasteiger charge is -2.24. The van der Waals surface area contributed by atoms with Crippen molar-refractivity contribution in [1.29, 1.82) is 0 Å². The van der Waals surface area contributed by atoms with Crippen molar-refractivity contribution in [3.05, 3.63) is 23.8 Å². The molecule has 0 radical (unpaired) electrons. The van der Waals surface area contributed by atoms with E-state index >= 15 is 0 Å². The van der Waals surface area contributed by atoms with Crippen molar-refractivity contribution in [2.45, 2.75) is 19.3 Å². The van der Waals surface area contributed by atoms with Gasteiger partial charge in [-0.3, -0.25) is 0 Å². The molecule has 1 aromatic rings. The van der Waals surface area contributed by atoms with E-state index in [0.717, 1.165) is 17.1 Å². The van der Waals surface area contributed by atoms with Crippen LogP contribution in [0.2, 0.25) is 0 Å². The molecule has 0 aliphatic rings. The number of hydrogen-bond acceptors (Lipinski definition) is 3. The summed E-state index contributed by atoms with van der Waals surface area (Å²) in [6.45, 7) is 4.78. The fourth-order valence-corrected chi connectivity index (χ4v) is 1.32. The van der Waals surface area contributed by atoms with Gasteiger partial charge in [0.05, 0.1) is 14.2 Å². The zero-order chi connectivity index (χ0) is 11.5. The van der Waals surface area contributed by atoms with E-state index < -0.39 is 0 Å². The molecule has 0 aromatic heterocycles. The van der Waals surface area contributed by atoms with Crippen LogP contribution >= 0.6 is 0 Å². The normalized spacial score (nSPS) is 11.3. The number of benzene rings is 1. The van der Waals surface area contributed by atoms with Gasteiger partial charge in [-0.1, -0.05) is 13.8 Å². The van der Waals surface area contributed by atoms with Gasteiger partial charge >= 0.3 is 0 Å². The summed E-state index contributed by atoms with van der Waals surface area (Å²) in [4.78, 5) is 0. The van der Waals surface area contributed by atoms with E-state index in [0.29, 0.717) is 6.54 Å². The van der Waals surface area contributed by atoms with Gasteiger partial charge in [-0.15, -0.1) is 0 Å². The van der Waals surface area contributed by atoms with E-state index in [4.69, 9.17) is 15.2 Å². The Balaban J connectivity index is 3.18. The van der Waals surface area contributed by atoms with E-state index in [1.165, 1.54) is 0 Å². The van der Waals surface area contributed by atoms with Crippen LogP contribution in [0.15, 0.2) is 18.2 Å². The summed E-state index contributed by atoms with van der Waals surface area (Å²) in [7, 11) is 3.29. The summed E-state index contributed by atoms with van der Waals surface area (Å²) < 4.78 is 10.4. The lowest BCUT2D eigenvalue weighted by atomic mass is 9.84. The first kappa shape index (κ1) is 11.9. The molecule has 0 saturated heterocycles. The van der Waals surface area contributed by atoms with Crippen LogP contribution in [0.3, 0.4) is 0 Å². The Morgan fingerprint density at radius 2 is 1.53 bits per heavy atom. The Morgan fingerprint density at radius 1 is 1.07 bits per heavy atom. The first-order valence-electron chi connectivity index (χ1n) is 4.97. The standard InChI is InChI=1S/C12H19NO2/c1-12(2,8-13)9-5-10(14-3)7-11(6-9)15-4/h5-7H,8,13H2,1-4H3. The minimum atomic E-state index is -0.0676. The van der Waals surface area contributed by atoms with E-state index in [1.807, 2.05) is 18.2 Å². The molecule has 2 N–H and O–H groups in total. The summed E-state index contributed by atoms with van der Waals surface area (Å²) in [5.41, 5.74) is 6.80. The Morgan fingerprint density at radius 3 is 1.87 bits per heavy atom. The molecule has 3 heteroatoms. The molecule has 1 aromatic carbocycles. The van der Waals surface area contributed by atoms with E-state index in [-0.39, 0.29) is 5.41 Å². The maximum absolute atomic E-state index is 5.74. The van der Waals surface area contributed by atoms with Gasteiger partial charge in [-0.25, -0.2) is 0 Å². The maximum atomic E-state index is 5.74. The van der Waals surface area contributed by atoms with Crippen LogP contribution in [-0.4, -0.2) is 20.8 Å². The Hall–Kier alpha value is -1.22. The summed E-state index contributed by atoms with van der Waals surface area (Å²) in [6.07, 6.45) is 0. The average molecular weight is 209 g/mol. The van der Waals surface area contributed by atoms with Crippen molar-refractivity contribution in [3.63, 3.8) is 0 Å². The predicted molar refractivity (Wildman–Crippen MR) is 61.6 cm³/mol. The molecule has 0 saturated carbocycles. The molecule has 0 amide bonds. The highest BCUT2D eigenvalue weighted by molar-refractivity contribution is 5.41. The molecule has 0 heterocycles. The molecule has 0 bridgehead atoms. The SMILES string of the molecule is COc1cc(OC)cc(C(C)(C)CN)c1. The van der Waals surface area contributed by atoms with Gasteiger partial charge in [-0.05, 0) is 17.7 Å². The van der Waals surface area contributed by atoms with Crippen LogP contribution in [0.4, 0.5) is 0 Å². The van der Waals surface area contributed by atoms with E-state index in [9.17, 15) is 0 Å². The first-order chi connectivity index (χ1) is 7.03. The second-order valence-electron chi connectivity index (χ2n) is 4.19. The molecule has 0 unspecified atom stereocenters. The molecule has 84 valence electrons. The second kappa shape index (κ2) is 4.53. The molecule has 3 nitrogen and oxygen atoms in total. The van der Waals surface area contributed by atoms with Crippen LogP contribution in [0.25, 0.3) is 0 Å². The first-order valence-corrected chi connectivity index (χ1v) is 4.97. The highest BCUT2D eigenvalue weighted by Crippen LogP contribution is 2.30. The van der Waals surface area contributed by atoms with Crippen molar-refractivity contribution in [1.82, 2.24) is 0 Å². The van der Waals surface area contributed by atoms with Gasteiger partial charge in [0.2, 0.25) is 0 Å². The summed E-state index contributed by atoms with van der Waals surface area (Å²) in [5, 5.41) is 0. The molecule has 0 aliphatic carbocycles. The molecular formula is C12H19NO2. The monoisotopic (exact) mass is 209 g/mol. The van der Waals surface area contributed by atoms with Gasteiger partial charge in [0, 0.05) is 18.0 Å². The number of hydrogen-bond donors (Lipinski definition) is 1. The average Bonchev–Trinajstić information content (AvgIpc) is 2.28. The van der Waals surface area contributed by atoms with Crippen molar-refractivity contribution in [3.8, 4) is 11.5 Å². The molecule has 0 fully saturated rings. The highest BCUT2D eigenvalue weighted by atomic mass is 16.5. The topological polar surface area (TPSA) is 44.5 Å². The Labute approximate surface area is 91.2 Å². The van der Waals surface area contributed by atoms with Crippen molar-refractivity contribution in [2.75, 3.05) is 20.8 Å².